The Morgan fingerprint density at radius 1 is 1.16 bits per heavy atom. The highest BCUT2D eigenvalue weighted by molar-refractivity contribution is 5.89. The van der Waals surface area contributed by atoms with E-state index in [0.29, 0.717) is 5.75 Å². The highest BCUT2D eigenvalue weighted by Gasteiger charge is 2.08. The molecule has 0 spiro atoms. The first-order valence-corrected chi connectivity index (χ1v) is 5.86. The van der Waals surface area contributed by atoms with Gasteiger partial charge in [-0.25, -0.2) is 4.79 Å². The normalized spacial score (nSPS) is 10.0. The minimum Gasteiger partial charge on any atom is -0.495 e. The van der Waals surface area contributed by atoms with Gasteiger partial charge in [0.15, 0.2) is 0 Å². The van der Waals surface area contributed by atoms with E-state index in [4.69, 9.17) is 9.84 Å². The highest BCUT2D eigenvalue weighted by Crippen LogP contribution is 2.29. The number of anilines is 2. The largest absolute Gasteiger partial charge is 0.495 e. The number of para-hydroxylation sites is 2. The van der Waals surface area contributed by atoms with Gasteiger partial charge < -0.3 is 15.2 Å². The summed E-state index contributed by atoms with van der Waals surface area (Å²) < 4.78 is 5.26. The van der Waals surface area contributed by atoms with Crippen LogP contribution in [0.2, 0.25) is 0 Å². The lowest BCUT2D eigenvalue weighted by molar-refractivity contribution is 0.0697. The van der Waals surface area contributed by atoms with Crippen molar-refractivity contribution in [1.29, 1.82) is 0 Å². The predicted octanol–water partition coefficient (Wildman–Crippen LogP) is 3.45. The highest BCUT2D eigenvalue weighted by atomic mass is 16.5. The molecule has 2 aromatic carbocycles. The van der Waals surface area contributed by atoms with Crippen LogP contribution in [0.15, 0.2) is 42.5 Å². The third-order valence-electron chi connectivity index (χ3n) is 2.86. The van der Waals surface area contributed by atoms with Crippen molar-refractivity contribution in [1.82, 2.24) is 0 Å². The first-order valence-electron chi connectivity index (χ1n) is 5.86. The van der Waals surface area contributed by atoms with Crippen LogP contribution in [0.4, 0.5) is 11.4 Å². The minimum absolute atomic E-state index is 0.253. The number of carbonyl (C=O) groups is 1. The van der Waals surface area contributed by atoms with Crippen LogP contribution in [0.5, 0.6) is 5.75 Å². The van der Waals surface area contributed by atoms with Gasteiger partial charge in [-0.1, -0.05) is 18.2 Å². The number of hydrogen-bond donors (Lipinski definition) is 2. The Hall–Kier alpha value is -2.49. The first kappa shape index (κ1) is 13.0. The zero-order valence-electron chi connectivity index (χ0n) is 10.8. The fraction of sp³-hybridized carbons (Fsp3) is 0.133. The number of hydrogen-bond acceptors (Lipinski definition) is 3. The second kappa shape index (κ2) is 5.44. The maximum absolute atomic E-state index is 11.0. The van der Waals surface area contributed by atoms with Crippen molar-refractivity contribution in [2.45, 2.75) is 6.92 Å². The molecule has 0 saturated carbocycles. The Morgan fingerprint density at radius 3 is 2.58 bits per heavy atom. The molecule has 0 radical (unpaired) electrons. The van der Waals surface area contributed by atoms with E-state index in [1.54, 1.807) is 25.3 Å². The molecule has 0 amide bonds. The minimum atomic E-state index is -0.942. The molecule has 4 heteroatoms. The van der Waals surface area contributed by atoms with Crippen LogP contribution >= 0.6 is 0 Å². The lowest BCUT2D eigenvalue weighted by Crippen LogP contribution is -2.00. The summed E-state index contributed by atoms with van der Waals surface area (Å²) in [6.45, 7) is 1.92. The van der Waals surface area contributed by atoms with Crippen LogP contribution in [0.3, 0.4) is 0 Å². The topological polar surface area (TPSA) is 58.6 Å². The molecule has 0 aliphatic heterocycles. The number of methoxy groups -OCH3 is 1. The number of aryl methyl sites for hydroxylation is 1. The molecule has 0 unspecified atom stereocenters. The molecule has 0 aromatic heterocycles. The van der Waals surface area contributed by atoms with E-state index in [1.165, 1.54) is 0 Å². The molecule has 0 fully saturated rings. The molecule has 2 N–H and O–H groups in total. The van der Waals surface area contributed by atoms with Crippen LogP contribution in [-0.4, -0.2) is 18.2 Å². The van der Waals surface area contributed by atoms with Gasteiger partial charge in [0.25, 0.3) is 0 Å². The monoisotopic (exact) mass is 257 g/mol. The summed E-state index contributed by atoms with van der Waals surface area (Å²) in [7, 11) is 1.60. The zero-order valence-corrected chi connectivity index (χ0v) is 10.8. The van der Waals surface area contributed by atoms with Gasteiger partial charge in [-0.05, 0) is 36.8 Å². The molecule has 0 atom stereocenters. The lowest BCUT2D eigenvalue weighted by atomic mass is 10.1. The van der Waals surface area contributed by atoms with E-state index in [9.17, 15) is 4.79 Å². The summed E-state index contributed by atoms with van der Waals surface area (Å²) in [6.07, 6.45) is 0. The van der Waals surface area contributed by atoms with E-state index in [1.807, 2.05) is 31.2 Å². The molecule has 0 aliphatic carbocycles. The number of rotatable bonds is 4. The number of carboxylic acid groups (broad SMARTS) is 1. The van der Waals surface area contributed by atoms with E-state index >= 15 is 0 Å². The molecule has 2 rings (SSSR count). The summed E-state index contributed by atoms with van der Waals surface area (Å²) in [6, 6.07) is 12.5. The van der Waals surface area contributed by atoms with Crippen molar-refractivity contribution in [2.75, 3.05) is 12.4 Å². The number of nitrogens with one attached hydrogen (secondary N) is 1. The standard InChI is InChI=1S/C15H15NO3/c1-10-7-8-11(15(17)18)9-13(10)16-12-5-3-4-6-14(12)19-2/h3-9,16H,1-2H3,(H,17,18). The van der Waals surface area contributed by atoms with E-state index in [0.717, 1.165) is 16.9 Å². The average molecular weight is 257 g/mol. The fourth-order valence-corrected chi connectivity index (χ4v) is 1.78. The van der Waals surface area contributed by atoms with Crippen molar-refractivity contribution >= 4 is 17.3 Å². The second-order valence-electron chi connectivity index (χ2n) is 4.16. The lowest BCUT2D eigenvalue weighted by Gasteiger charge is -2.13. The van der Waals surface area contributed by atoms with Gasteiger partial charge in [0.1, 0.15) is 5.75 Å². The van der Waals surface area contributed by atoms with Gasteiger partial charge in [0, 0.05) is 5.69 Å². The summed E-state index contributed by atoms with van der Waals surface area (Å²) >= 11 is 0. The Bertz CT molecular complexity index is 608. The maximum Gasteiger partial charge on any atom is 0.335 e. The van der Waals surface area contributed by atoms with Gasteiger partial charge >= 0.3 is 5.97 Å². The summed E-state index contributed by atoms with van der Waals surface area (Å²) in [5.41, 5.74) is 2.78. The molecule has 4 nitrogen and oxygen atoms in total. The van der Waals surface area contributed by atoms with Crippen LogP contribution in [0.1, 0.15) is 15.9 Å². The first-order chi connectivity index (χ1) is 9.11. The SMILES string of the molecule is COc1ccccc1Nc1cc(C(=O)O)ccc1C. The Morgan fingerprint density at radius 2 is 1.89 bits per heavy atom. The Labute approximate surface area is 111 Å². The third-order valence-corrected chi connectivity index (χ3v) is 2.86. The van der Waals surface area contributed by atoms with Gasteiger partial charge in [0.2, 0.25) is 0 Å². The molecule has 19 heavy (non-hydrogen) atoms. The van der Waals surface area contributed by atoms with Gasteiger partial charge in [-0.3, -0.25) is 0 Å². The number of aromatic carboxylic acids is 1. The van der Waals surface area contributed by atoms with Gasteiger partial charge in [-0.2, -0.15) is 0 Å². The van der Waals surface area contributed by atoms with E-state index in [-0.39, 0.29) is 5.56 Å². The molecule has 0 bridgehead atoms. The Kier molecular flexibility index (Phi) is 3.71. The average Bonchev–Trinajstić information content (AvgIpc) is 2.41. The maximum atomic E-state index is 11.0. The van der Waals surface area contributed by atoms with E-state index in [2.05, 4.69) is 5.32 Å². The number of ether oxygens (including phenoxy) is 1. The molecule has 0 heterocycles. The van der Waals surface area contributed by atoms with Crippen LogP contribution in [-0.2, 0) is 0 Å². The van der Waals surface area contributed by atoms with Crippen molar-refractivity contribution in [2.24, 2.45) is 0 Å². The van der Waals surface area contributed by atoms with Crippen LogP contribution in [0, 0.1) is 6.92 Å². The number of benzene rings is 2. The smallest absolute Gasteiger partial charge is 0.335 e. The molecular weight excluding hydrogens is 242 g/mol. The van der Waals surface area contributed by atoms with Crippen molar-refractivity contribution in [3.8, 4) is 5.75 Å². The summed E-state index contributed by atoms with van der Waals surface area (Å²) in [5, 5.41) is 12.2. The Balaban J connectivity index is 2.37. The summed E-state index contributed by atoms with van der Waals surface area (Å²) in [5.74, 6) is -0.231. The predicted molar refractivity (Wildman–Crippen MR) is 74.4 cm³/mol. The second-order valence-corrected chi connectivity index (χ2v) is 4.16. The molecule has 0 aliphatic rings. The van der Waals surface area contributed by atoms with Crippen molar-refractivity contribution < 1.29 is 14.6 Å². The fourth-order valence-electron chi connectivity index (χ4n) is 1.78. The molecule has 0 saturated heterocycles. The number of carboxylic acids is 1. The molecular formula is C15H15NO3. The van der Waals surface area contributed by atoms with Crippen LogP contribution < -0.4 is 10.1 Å². The summed E-state index contributed by atoms with van der Waals surface area (Å²) in [4.78, 5) is 11.0. The quantitative estimate of drug-likeness (QED) is 0.880. The van der Waals surface area contributed by atoms with Gasteiger partial charge in [-0.15, -0.1) is 0 Å². The van der Waals surface area contributed by atoms with Gasteiger partial charge in [0.05, 0.1) is 18.4 Å². The van der Waals surface area contributed by atoms with Crippen molar-refractivity contribution in [3.63, 3.8) is 0 Å². The van der Waals surface area contributed by atoms with E-state index < -0.39 is 5.97 Å². The molecule has 98 valence electrons. The zero-order chi connectivity index (χ0) is 13.8. The molecule has 2 aromatic rings. The third kappa shape index (κ3) is 2.85. The van der Waals surface area contributed by atoms with Crippen LogP contribution in [0.25, 0.3) is 0 Å². The van der Waals surface area contributed by atoms with Crippen molar-refractivity contribution in [3.05, 3.63) is 53.6 Å².